The molecule has 2 aromatic heterocycles. The summed E-state index contributed by atoms with van der Waals surface area (Å²) in [5, 5.41) is 11.2. The van der Waals surface area contributed by atoms with Gasteiger partial charge < -0.3 is 11.1 Å². The van der Waals surface area contributed by atoms with Crippen LogP contribution in [0.3, 0.4) is 0 Å². The zero-order valence-corrected chi connectivity index (χ0v) is 15.0. The highest BCUT2D eigenvalue weighted by Gasteiger charge is 2.11. The molecule has 0 bridgehead atoms. The summed E-state index contributed by atoms with van der Waals surface area (Å²) < 4.78 is 3.18. The molecule has 1 unspecified atom stereocenters. The SMILES string of the molecule is CC(C)c1cnn(CC(=O)NCCC(C)c2cnn(CC(N)=O)c2)c1. The molecule has 0 aliphatic carbocycles. The van der Waals surface area contributed by atoms with Gasteiger partial charge in [-0.05, 0) is 29.4 Å². The van der Waals surface area contributed by atoms with Gasteiger partial charge in [0.1, 0.15) is 13.1 Å². The number of amides is 2. The molecule has 2 rings (SSSR count). The zero-order chi connectivity index (χ0) is 18.4. The highest BCUT2D eigenvalue weighted by Crippen LogP contribution is 2.17. The maximum atomic E-state index is 12.0. The lowest BCUT2D eigenvalue weighted by Crippen LogP contribution is -2.29. The van der Waals surface area contributed by atoms with E-state index in [4.69, 9.17) is 5.73 Å². The van der Waals surface area contributed by atoms with Crippen LogP contribution in [0.25, 0.3) is 0 Å². The average molecular weight is 346 g/mol. The van der Waals surface area contributed by atoms with Gasteiger partial charge in [0.2, 0.25) is 11.8 Å². The van der Waals surface area contributed by atoms with Crippen molar-refractivity contribution >= 4 is 11.8 Å². The standard InChI is InChI=1S/C17H26N6O2/c1-12(2)14-6-20-23(8-14)11-17(25)19-5-4-13(3)15-7-21-22(9-15)10-16(18)24/h6-9,12-13H,4-5,10-11H2,1-3H3,(H2,18,24)(H,19,25). The summed E-state index contributed by atoms with van der Waals surface area (Å²) >= 11 is 0. The Kier molecular flexibility index (Phi) is 6.32. The smallest absolute Gasteiger partial charge is 0.241 e. The van der Waals surface area contributed by atoms with E-state index in [9.17, 15) is 9.59 Å². The summed E-state index contributed by atoms with van der Waals surface area (Å²) in [4.78, 5) is 22.9. The van der Waals surface area contributed by atoms with Crippen LogP contribution in [-0.4, -0.2) is 37.9 Å². The minimum absolute atomic E-state index is 0.0602. The summed E-state index contributed by atoms with van der Waals surface area (Å²) in [6.07, 6.45) is 8.02. The van der Waals surface area contributed by atoms with Crippen LogP contribution in [0.4, 0.5) is 0 Å². The van der Waals surface area contributed by atoms with Crippen molar-refractivity contribution in [1.82, 2.24) is 24.9 Å². The van der Waals surface area contributed by atoms with Crippen molar-refractivity contribution in [3.05, 3.63) is 35.9 Å². The van der Waals surface area contributed by atoms with Crippen LogP contribution < -0.4 is 11.1 Å². The Morgan fingerprint density at radius 2 is 1.68 bits per heavy atom. The van der Waals surface area contributed by atoms with E-state index < -0.39 is 5.91 Å². The van der Waals surface area contributed by atoms with E-state index in [1.165, 1.54) is 4.68 Å². The first-order valence-electron chi connectivity index (χ1n) is 8.45. The van der Waals surface area contributed by atoms with Gasteiger partial charge in [-0.2, -0.15) is 10.2 Å². The zero-order valence-electron chi connectivity index (χ0n) is 15.0. The summed E-state index contributed by atoms with van der Waals surface area (Å²) in [7, 11) is 0. The van der Waals surface area contributed by atoms with Crippen LogP contribution in [0.15, 0.2) is 24.8 Å². The van der Waals surface area contributed by atoms with E-state index in [0.29, 0.717) is 12.5 Å². The lowest BCUT2D eigenvalue weighted by atomic mass is 10.0. The van der Waals surface area contributed by atoms with Crippen LogP contribution in [0.1, 0.15) is 50.2 Å². The van der Waals surface area contributed by atoms with E-state index in [2.05, 4.69) is 36.3 Å². The first-order valence-corrected chi connectivity index (χ1v) is 8.45. The summed E-state index contributed by atoms with van der Waals surface area (Å²) in [5.41, 5.74) is 7.29. The summed E-state index contributed by atoms with van der Waals surface area (Å²) in [6, 6.07) is 0. The predicted octanol–water partition coefficient (Wildman–Crippen LogP) is 0.998. The number of primary amides is 1. The fourth-order valence-electron chi connectivity index (χ4n) is 2.44. The monoisotopic (exact) mass is 346 g/mol. The molecular formula is C17H26N6O2. The highest BCUT2D eigenvalue weighted by atomic mass is 16.2. The molecule has 8 nitrogen and oxygen atoms in total. The van der Waals surface area contributed by atoms with Crippen molar-refractivity contribution in [2.45, 2.75) is 52.1 Å². The molecule has 0 saturated carbocycles. The van der Waals surface area contributed by atoms with E-state index in [1.54, 1.807) is 17.1 Å². The minimum atomic E-state index is -0.422. The molecule has 3 N–H and O–H groups in total. The number of hydrogen-bond donors (Lipinski definition) is 2. The molecule has 1 atom stereocenters. The van der Waals surface area contributed by atoms with Crippen LogP contribution in [0, 0.1) is 0 Å². The van der Waals surface area contributed by atoms with Gasteiger partial charge >= 0.3 is 0 Å². The van der Waals surface area contributed by atoms with Gasteiger partial charge in [0, 0.05) is 18.9 Å². The highest BCUT2D eigenvalue weighted by molar-refractivity contribution is 5.75. The third-order valence-electron chi connectivity index (χ3n) is 4.07. The van der Waals surface area contributed by atoms with Gasteiger partial charge in [-0.3, -0.25) is 19.0 Å². The fourth-order valence-corrected chi connectivity index (χ4v) is 2.44. The molecule has 0 aliphatic rings. The van der Waals surface area contributed by atoms with Crippen LogP contribution in [0.2, 0.25) is 0 Å². The number of aromatic nitrogens is 4. The molecule has 0 spiro atoms. The Hall–Kier alpha value is -2.64. The van der Waals surface area contributed by atoms with Crippen LogP contribution >= 0.6 is 0 Å². The average Bonchev–Trinajstić information content (AvgIpc) is 3.16. The van der Waals surface area contributed by atoms with Gasteiger partial charge in [-0.15, -0.1) is 0 Å². The third-order valence-corrected chi connectivity index (χ3v) is 4.07. The van der Waals surface area contributed by atoms with E-state index in [0.717, 1.165) is 17.5 Å². The molecule has 0 aromatic carbocycles. The number of nitrogens with one attached hydrogen (secondary N) is 1. The lowest BCUT2D eigenvalue weighted by molar-refractivity contribution is -0.122. The predicted molar refractivity (Wildman–Crippen MR) is 93.8 cm³/mol. The maximum Gasteiger partial charge on any atom is 0.241 e. The van der Waals surface area contributed by atoms with Gasteiger partial charge in [-0.1, -0.05) is 20.8 Å². The number of nitrogens with two attached hydrogens (primary N) is 1. The molecule has 0 saturated heterocycles. The fraction of sp³-hybridized carbons (Fsp3) is 0.529. The topological polar surface area (TPSA) is 108 Å². The van der Waals surface area contributed by atoms with Crippen molar-refractivity contribution in [1.29, 1.82) is 0 Å². The number of carbonyl (C=O) groups excluding carboxylic acids is 2. The molecule has 2 heterocycles. The van der Waals surface area contributed by atoms with Gasteiger partial charge in [0.25, 0.3) is 0 Å². The molecule has 0 aliphatic heterocycles. The molecule has 2 aromatic rings. The molecule has 25 heavy (non-hydrogen) atoms. The number of carbonyl (C=O) groups is 2. The minimum Gasteiger partial charge on any atom is -0.368 e. The Bertz CT molecular complexity index is 718. The molecule has 2 amide bonds. The van der Waals surface area contributed by atoms with Crippen molar-refractivity contribution in [3.8, 4) is 0 Å². The van der Waals surface area contributed by atoms with Crippen LogP contribution in [-0.2, 0) is 22.7 Å². The van der Waals surface area contributed by atoms with Gasteiger partial charge in [-0.25, -0.2) is 0 Å². The second-order valence-corrected chi connectivity index (χ2v) is 6.60. The van der Waals surface area contributed by atoms with Crippen molar-refractivity contribution < 1.29 is 9.59 Å². The number of rotatable bonds is 9. The Morgan fingerprint density at radius 1 is 1.08 bits per heavy atom. The molecule has 0 fully saturated rings. The van der Waals surface area contributed by atoms with Crippen molar-refractivity contribution in [2.75, 3.05) is 6.54 Å². The van der Waals surface area contributed by atoms with E-state index in [-0.39, 0.29) is 24.9 Å². The normalized spacial score (nSPS) is 12.3. The van der Waals surface area contributed by atoms with E-state index >= 15 is 0 Å². The summed E-state index contributed by atoms with van der Waals surface area (Å²) in [6.45, 7) is 7.10. The molecule has 136 valence electrons. The Labute approximate surface area is 147 Å². The maximum absolute atomic E-state index is 12.0. The van der Waals surface area contributed by atoms with Gasteiger partial charge in [0.05, 0.1) is 12.4 Å². The Balaban J connectivity index is 1.74. The van der Waals surface area contributed by atoms with Crippen LogP contribution in [0.5, 0.6) is 0 Å². The number of hydrogen-bond acceptors (Lipinski definition) is 4. The quantitative estimate of drug-likeness (QED) is 0.706. The first-order chi connectivity index (χ1) is 11.8. The van der Waals surface area contributed by atoms with Crippen molar-refractivity contribution in [3.63, 3.8) is 0 Å². The first kappa shape index (κ1) is 18.7. The van der Waals surface area contributed by atoms with Crippen molar-refractivity contribution in [2.24, 2.45) is 5.73 Å². The molecular weight excluding hydrogens is 320 g/mol. The van der Waals surface area contributed by atoms with E-state index in [1.807, 2.05) is 12.4 Å². The Morgan fingerprint density at radius 3 is 2.28 bits per heavy atom. The molecule has 8 heteroatoms. The third kappa shape index (κ3) is 5.74. The largest absolute Gasteiger partial charge is 0.368 e. The summed E-state index contributed by atoms with van der Waals surface area (Å²) in [5.74, 6) is 0.135. The second-order valence-electron chi connectivity index (χ2n) is 6.60. The lowest BCUT2D eigenvalue weighted by Gasteiger charge is -2.10. The molecule has 0 radical (unpaired) electrons. The second kappa shape index (κ2) is 8.46. The van der Waals surface area contributed by atoms with Gasteiger partial charge in [0.15, 0.2) is 0 Å². The number of nitrogens with zero attached hydrogens (tertiary/aromatic N) is 4.